The number of methoxy groups -OCH3 is 1. The number of benzene rings is 2. The molecule has 3 aromatic rings. The Balaban J connectivity index is 1.80. The number of carbonyl (C=O) groups is 1. The van der Waals surface area contributed by atoms with E-state index >= 15 is 0 Å². The van der Waals surface area contributed by atoms with Crippen LogP contribution >= 0.6 is 0 Å². The molecule has 0 fully saturated rings. The first-order chi connectivity index (χ1) is 14.2. The van der Waals surface area contributed by atoms with Gasteiger partial charge in [0.1, 0.15) is 18.1 Å². The van der Waals surface area contributed by atoms with Crippen LogP contribution in [0.2, 0.25) is 0 Å². The van der Waals surface area contributed by atoms with Crippen LogP contribution < -0.4 is 14.8 Å². The van der Waals surface area contributed by atoms with Crippen LogP contribution in [0.4, 0.5) is 15.8 Å². The van der Waals surface area contributed by atoms with Gasteiger partial charge in [-0.2, -0.15) is 5.10 Å². The zero-order valence-electron chi connectivity index (χ0n) is 16.6. The molecule has 0 aliphatic heterocycles. The van der Waals surface area contributed by atoms with Gasteiger partial charge in [0.15, 0.2) is 0 Å². The van der Waals surface area contributed by atoms with Crippen molar-refractivity contribution in [2.24, 2.45) is 0 Å². The standard InChI is InChI=1S/C20H21FN4O4S/c1-13-10-14(2)25(23-13)12-20(26)22-16-6-9-19(29-3)18(11-16)24-30(27,28)17-7-4-15(21)5-8-17/h4-11,24H,12H2,1-3H3,(H,22,26). The second kappa shape index (κ2) is 8.54. The summed E-state index contributed by atoms with van der Waals surface area (Å²) in [4.78, 5) is 12.3. The zero-order chi connectivity index (χ0) is 21.9. The molecule has 0 saturated heterocycles. The van der Waals surface area contributed by atoms with E-state index in [9.17, 15) is 17.6 Å². The van der Waals surface area contributed by atoms with Gasteiger partial charge in [-0.15, -0.1) is 0 Å². The lowest BCUT2D eigenvalue weighted by Gasteiger charge is -2.14. The number of nitrogens with one attached hydrogen (secondary N) is 2. The average Bonchev–Trinajstić information content (AvgIpc) is 2.98. The second-order valence-electron chi connectivity index (χ2n) is 6.61. The molecule has 1 aromatic heterocycles. The number of rotatable bonds is 7. The van der Waals surface area contributed by atoms with Gasteiger partial charge >= 0.3 is 0 Å². The lowest BCUT2D eigenvalue weighted by molar-refractivity contribution is -0.116. The minimum Gasteiger partial charge on any atom is -0.495 e. The first-order valence-corrected chi connectivity index (χ1v) is 10.4. The van der Waals surface area contributed by atoms with Gasteiger partial charge in [0.05, 0.1) is 23.4 Å². The number of hydrogen-bond acceptors (Lipinski definition) is 5. The van der Waals surface area contributed by atoms with Crippen LogP contribution in [-0.4, -0.2) is 31.2 Å². The molecule has 0 aliphatic rings. The Bertz CT molecular complexity index is 1170. The second-order valence-corrected chi connectivity index (χ2v) is 8.29. The molecule has 0 atom stereocenters. The van der Waals surface area contributed by atoms with Crippen molar-refractivity contribution in [1.29, 1.82) is 0 Å². The third kappa shape index (κ3) is 4.95. The molecule has 1 heterocycles. The van der Waals surface area contributed by atoms with Crippen molar-refractivity contribution >= 4 is 27.3 Å². The Morgan fingerprint density at radius 3 is 2.43 bits per heavy atom. The van der Waals surface area contributed by atoms with Gasteiger partial charge < -0.3 is 10.1 Å². The summed E-state index contributed by atoms with van der Waals surface area (Å²) in [6.45, 7) is 3.70. The van der Waals surface area contributed by atoms with E-state index in [2.05, 4.69) is 15.1 Å². The van der Waals surface area contributed by atoms with E-state index in [1.54, 1.807) is 10.7 Å². The molecule has 0 unspecified atom stereocenters. The summed E-state index contributed by atoms with van der Waals surface area (Å²) in [6.07, 6.45) is 0. The summed E-state index contributed by atoms with van der Waals surface area (Å²) >= 11 is 0. The van der Waals surface area contributed by atoms with Crippen LogP contribution in [0.3, 0.4) is 0 Å². The fourth-order valence-electron chi connectivity index (χ4n) is 2.85. The normalized spacial score (nSPS) is 11.2. The fourth-order valence-corrected chi connectivity index (χ4v) is 3.92. The summed E-state index contributed by atoms with van der Waals surface area (Å²) < 4.78 is 47.5. The number of carbonyl (C=O) groups excluding carboxylic acids is 1. The maximum absolute atomic E-state index is 13.1. The zero-order valence-corrected chi connectivity index (χ0v) is 17.5. The van der Waals surface area contributed by atoms with Gasteiger partial charge in [0.2, 0.25) is 5.91 Å². The molecule has 10 heteroatoms. The van der Waals surface area contributed by atoms with Crippen LogP contribution in [0.15, 0.2) is 53.4 Å². The highest BCUT2D eigenvalue weighted by molar-refractivity contribution is 7.92. The number of aromatic nitrogens is 2. The van der Waals surface area contributed by atoms with Gasteiger partial charge in [0.25, 0.3) is 10.0 Å². The van der Waals surface area contributed by atoms with Gasteiger partial charge in [0, 0.05) is 11.4 Å². The smallest absolute Gasteiger partial charge is 0.262 e. The summed E-state index contributed by atoms with van der Waals surface area (Å²) in [7, 11) is -2.59. The summed E-state index contributed by atoms with van der Waals surface area (Å²) in [5, 5.41) is 6.95. The molecular weight excluding hydrogens is 411 g/mol. The third-order valence-electron chi connectivity index (χ3n) is 4.25. The predicted molar refractivity (Wildman–Crippen MR) is 111 cm³/mol. The van der Waals surface area contributed by atoms with E-state index in [1.165, 1.54) is 19.2 Å². The van der Waals surface area contributed by atoms with Crippen molar-refractivity contribution in [1.82, 2.24) is 9.78 Å². The Morgan fingerprint density at radius 2 is 1.83 bits per heavy atom. The van der Waals surface area contributed by atoms with Gasteiger partial charge in [-0.1, -0.05) is 0 Å². The largest absolute Gasteiger partial charge is 0.495 e. The Hall–Kier alpha value is -3.40. The van der Waals surface area contributed by atoms with Crippen molar-refractivity contribution in [3.8, 4) is 5.75 Å². The van der Waals surface area contributed by atoms with Crippen LogP contribution in [-0.2, 0) is 21.4 Å². The van der Waals surface area contributed by atoms with E-state index in [1.807, 2.05) is 19.9 Å². The average molecular weight is 432 g/mol. The monoisotopic (exact) mass is 432 g/mol. The number of hydrogen-bond donors (Lipinski definition) is 2. The van der Waals surface area contributed by atoms with Gasteiger partial charge in [-0.3, -0.25) is 14.2 Å². The van der Waals surface area contributed by atoms with Crippen molar-refractivity contribution < 1.29 is 22.3 Å². The Labute approximate surface area is 173 Å². The van der Waals surface area contributed by atoms with Crippen LogP contribution in [0.5, 0.6) is 5.75 Å². The molecule has 0 radical (unpaired) electrons. The molecular formula is C20H21FN4O4S. The van der Waals surface area contributed by atoms with Crippen LogP contribution in [0, 0.1) is 19.7 Å². The quantitative estimate of drug-likeness (QED) is 0.597. The number of amides is 1. The first-order valence-electron chi connectivity index (χ1n) is 8.95. The molecule has 0 spiro atoms. The predicted octanol–water partition coefficient (Wildman–Crippen LogP) is 3.09. The lowest BCUT2D eigenvalue weighted by atomic mass is 10.2. The molecule has 2 aromatic carbocycles. The van der Waals surface area contributed by atoms with E-state index in [0.29, 0.717) is 5.69 Å². The van der Waals surface area contributed by atoms with Gasteiger partial charge in [-0.05, 0) is 62.4 Å². The Morgan fingerprint density at radius 1 is 1.13 bits per heavy atom. The number of anilines is 2. The molecule has 158 valence electrons. The highest BCUT2D eigenvalue weighted by Gasteiger charge is 2.18. The topological polar surface area (TPSA) is 102 Å². The lowest BCUT2D eigenvalue weighted by Crippen LogP contribution is -2.20. The SMILES string of the molecule is COc1ccc(NC(=O)Cn2nc(C)cc2C)cc1NS(=O)(=O)c1ccc(F)cc1. The number of sulfonamides is 1. The molecule has 3 rings (SSSR count). The molecule has 30 heavy (non-hydrogen) atoms. The highest BCUT2D eigenvalue weighted by atomic mass is 32.2. The molecule has 2 N–H and O–H groups in total. The van der Waals surface area contributed by atoms with Crippen LogP contribution in [0.25, 0.3) is 0 Å². The minimum atomic E-state index is -3.98. The van der Waals surface area contributed by atoms with Crippen molar-refractivity contribution in [2.45, 2.75) is 25.3 Å². The number of halogens is 1. The van der Waals surface area contributed by atoms with Crippen molar-refractivity contribution in [3.05, 3.63) is 65.7 Å². The summed E-state index contributed by atoms with van der Waals surface area (Å²) in [6, 6.07) is 10.9. The van der Waals surface area contributed by atoms with E-state index < -0.39 is 15.8 Å². The Kier molecular flexibility index (Phi) is 6.06. The van der Waals surface area contributed by atoms with Crippen molar-refractivity contribution in [2.75, 3.05) is 17.1 Å². The molecule has 0 bridgehead atoms. The molecule has 1 amide bonds. The molecule has 0 saturated carbocycles. The van der Waals surface area contributed by atoms with E-state index in [0.717, 1.165) is 35.7 Å². The first kappa shape index (κ1) is 21.3. The van der Waals surface area contributed by atoms with Crippen molar-refractivity contribution in [3.63, 3.8) is 0 Å². The van der Waals surface area contributed by atoms with E-state index in [-0.39, 0.29) is 28.8 Å². The summed E-state index contributed by atoms with van der Waals surface area (Å²) in [5.74, 6) is -0.602. The summed E-state index contributed by atoms with van der Waals surface area (Å²) in [5.41, 5.74) is 2.16. The maximum atomic E-state index is 13.1. The molecule has 8 nitrogen and oxygen atoms in total. The maximum Gasteiger partial charge on any atom is 0.262 e. The number of nitrogens with zero attached hydrogens (tertiary/aromatic N) is 2. The molecule has 0 aliphatic carbocycles. The van der Waals surface area contributed by atoms with E-state index in [4.69, 9.17) is 4.74 Å². The number of ether oxygens (including phenoxy) is 1. The van der Waals surface area contributed by atoms with Gasteiger partial charge in [-0.25, -0.2) is 12.8 Å². The minimum absolute atomic E-state index is 0.0162. The highest BCUT2D eigenvalue weighted by Crippen LogP contribution is 2.30. The fraction of sp³-hybridized carbons (Fsp3) is 0.200. The van der Waals surface area contributed by atoms with Crippen LogP contribution in [0.1, 0.15) is 11.4 Å². The number of aryl methyl sites for hydroxylation is 2. The third-order valence-corrected chi connectivity index (χ3v) is 5.63.